The van der Waals surface area contributed by atoms with Gasteiger partial charge in [-0.1, -0.05) is 13.0 Å². The first-order chi connectivity index (χ1) is 18.6. The van der Waals surface area contributed by atoms with E-state index in [9.17, 15) is 13.9 Å². The minimum absolute atomic E-state index is 0.0274. The summed E-state index contributed by atoms with van der Waals surface area (Å²) in [7, 11) is 0. The molecule has 0 aliphatic carbocycles. The van der Waals surface area contributed by atoms with E-state index in [1.807, 2.05) is 38.3 Å². The Morgan fingerprint density at radius 1 is 1.08 bits per heavy atom. The van der Waals surface area contributed by atoms with Crippen LogP contribution >= 0.6 is 0 Å². The third kappa shape index (κ3) is 5.23. The lowest BCUT2D eigenvalue weighted by molar-refractivity contribution is -0.0326. The van der Waals surface area contributed by atoms with Crippen molar-refractivity contribution in [3.63, 3.8) is 0 Å². The highest BCUT2D eigenvalue weighted by Crippen LogP contribution is 2.36. The van der Waals surface area contributed by atoms with Crippen molar-refractivity contribution in [1.29, 1.82) is 0 Å². The Kier molecular flexibility index (Phi) is 7.35. The third-order valence-electron chi connectivity index (χ3n) is 7.88. The number of aryl methyl sites for hydroxylation is 1. The second kappa shape index (κ2) is 10.6. The summed E-state index contributed by atoms with van der Waals surface area (Å²) < 4.78 is 31.7. The second-order valence-electron chi connectivity index (χ2n) is 10.8. The number of nitrogens with zero attached hydrogens (tertiary/aromatic N) is 6. The highest BCUT2D eigenvalue weighted by Gasteiger charge is 2.36. The van der Waals surface area contributed by atoms with Crippen molar-refractivity contribution in [3.8, 4) is 11.3 Å². The van der Waals surface area contributed by atoms with Gasteiger partial charge in [0.05, 0.1) is 17.3 Å². The summed E-state index contributed by atoms with van der Waals surface area (Å²) in [5.41, 5.74) is 0.834. The Balaban J connectivity index is 1.39. The average molecular weight is 536 g/mol. The van der Waals surface area contributed by atoms with Gasteiger partial charge in [0.15, 0.2) is 11.6 Å². The molecule has 0 radical (unpaired) electrons. The number of benzene rings is 1. The molecule has 1 saturated heterocycles. The molecule has 0 bridgehead atoms. The number of anilines is 2. The van der Waals surface area contributed by atoms with Crippen LogP contribution in [0.5, 0.6) is 0 Å². The summed E-state index contributed by atoms with van der Waals surface area (Å²) in [4.78, 5) is 19.6. The maximum atomic E-state index is 15.0. The van der Waals surface area contributed by atoms with E-state index in [0.29, 0.717) is 22.7 Å². The topological polar surface area (TPSA) is 92.0 Å². The van der Waals surface area contributed by atoms with Crippen molar-refractivity contribution >= 4 is 22.8 Å². The van der Waals surface area contributed by atoms with E-state index < -0.39 is 17.2 Å². The molecule has 1 aromatic carbocycles. The Morgan fingerprint density at radius 3 is 2.46 bits per heavy atom. The van der Waals surface area contributed by atoms with Crippen LogP contribution in [0.15, 0.2) is 36.7 Å². The minimum atomic E-state index is -0.992. The molecule has 0 amide bonds. The van der Waals surface area contributed by atoms with Gasteiger partial charge in [-0.05, 0) is 84.3 Å². The molecule has 1 atom stereocenters. The van der Waals surface area contributed by atoms with Gasteiger partial charge in [-0.15, -0.1) is 0 Å². The number of halogens is 2. The molecule has 1 fully saturated rings. The number of aliphatic hydroxyl groups is 1. The predicted octanol–water partition coefficient (Wildman–Crippen LogP) is 5.74. The lowest BCUT2D eigenvalue weighted by Gasteiger charge is -2.39. The number of rotatable bonds is 7. The van der Waals surface area contributed by atoms with E-state index in [-0.39, 0.29) is 29.1 Å². The van der Waals surface area contributed by atoms with Crippen LogP contribution in [0.25, 0.3) is 22.3 Å². The number of imidazole rings is 1. The molecule has 206 valence electrons. The number of piperidine rings is 1. The van der Waals surface area contributed by atoms with Crippen LogP contribution in [0.2, 0.25) is 0 Å². The van der Waals surface area contributed by atoms with Crippen LogP contribution < -0.4 is 5.32 Å². The molecule has 39 heavy (non-hydrogen) atoms. The van der Waals surface area contributed by atoms with E-state index in [0.717, 1.165) is 44.2 Å². The molecule has 8 nitrogen and oxygen atoms in total. The maximum absolute atomic E-state index is 15.0. The fourth-order valence-electron chi connectivity index (χ4n) is 5.62. The van der Waals surface area contributed by atoms with Crippen LogP contribution in [0, 0.1) is 24.5 Å². The summed E-state index contributed by atoms with van der Waals surface area (Å²) in [5, 5.41) is 14.3. The third-order valence-corrected chi connectivity index (χ3v) is 7.88. The Hall–Kier alpha value is -3.50. The van der Waals surface area contributed by atoms with Crippen molar-refractivity contribution < 1.29 is 13.9 Å². The van der Waals surface area contributed by atoms with Crippen LogP contribution in [-0.2, 0) is 5.60 Å². The van der Waals surface area contributed by atoms with Crippen molar-refractivity contribution in [2.24, 2.45) is 5.92 Å². The molecule has 5 rings (SSSR count). The van der Waals surface area contributed by atoms with Crippen molar-refractivity contribution in [3.05, 3.63) is 59.7 Å². The van der Waals surface area contributed by atoms with Crippen LogP contribution in [0.1, 0.15) is 58.0 Å². The maximum Gasteiger partial charge on any atom is 0.229 e. The SMILES string of the molecule is CCN1CCC([C@](C)(O)c2ccc(Nc3ncc(F)c(-c4cc(F)c5nc(C)n(C(C)C)c5c4)n3)nc2)CC1. The molecule has 0 unspecified atom stereocenters. The van der Waals surface area contributed by atoms with E-state index in [2.05, 4.69) is 37.1 Å². The summed E-state index contributed by atoms with van der Waals surface area (Å²) in [6.45, 7) is 12.8. The molecular formula is C29H35F2N7O. The average Bonchev–Trinajstić information content (AvgIpc) is 3.26. The Bertz CT molecular complexity index is 1480. The van der Waals surface area contributed by atoms with Gasteiger partial charge in [-0.25, -0.2) is 28.7 Å². The number of aromatic nitrogens is 5. The molecule has 10 heteroatoms. The molecule has 2 N–H and O–H groups in total. The molecule has 0 saturated carbocycles. The summed E-state index contributed by atoms with van der Waals surface area (Å²) in [6, 6.07) is 6.58. The number of pyridine rings is 1. The van der Waals surface area contributed by atoms with Gasteiger partial charge in [0.2, 0.25) is 5.95 Å². The Morgan fingerprint density at radius 2 is 1.82 bits per heavy atom. The van der Waals surface area contributed by atoms with E-state index >= 15 is 0 Å². The van der Waals surface area contributed by atoms with Crippen molar-refractivity contribution in [1.82, 2.24) is 29.4 Å². The van der Waals surface area contributed by atoms with Crippen LogP contribution in [0.3, 0.4) is 0 Å². The molecule has 0 spiro atoms. The van der Waals surface area contributed by atoms with E-state index in [4.69, 9.17) is 0 Å². The fourth-order valence-corrected chi connectivity index (χ4v) is 5.62. The zero-order valence-corrected chi connectivity index (χ0v) is 23.0. The van der Waals surface area contributed by atoms with Gasteiger partial charge in [0, 0.05) is 23.4 Å². The number of likely N-dealkylation sites (tertiary alicyclic amines) is 1. The number of nitrogens with one attached hydrogen (secondary N) is 1. The standard InChI is InChI=1S/C29H35F2N7O/c1-6-37-11-9-20(10-12-37)29(5,39)21-7-8-25(32-15-21)35-28-33-16-23(31)26(36-28)19-13-22(30)27-24(14-19)38(17(2)3)18(4)34-27/h7-8,13-17,20,39H,6,9-12H2,1-5H3,(H,32,33,35,36)/t29-/m0/s1. The predicted molar refractivity (Wildman–Crippen MR) is 148 cm³/mol. The molecule has 4 aromatic rings. The molecule has 3 aromatic heterocycles. The van der Waals surface area contributed by atoms with Gasteiger partial charge in [-0.3, -0.25) is 0 Å². The first-order valence-electron chi connectivity index (χ1n) is 13.5. The van der Waals surface area contributed by atoms with Gasteiger partial charge >= 0.3 is 0 Å². The van der Waals surface area contributed by atoms with E-state index in [1.165, 1.54) is 6.07 Å². The lowest BCUT2D eigenvalue weighted by atomic mass is 9.78. The Labute approximate surface area is 227 Å². The largest absolute Gasteiger partial charge is 0.385 e. The first-order valence-corrected chi connectivity index (χ1v) is 13.5. The van der Waals surface area contributed by atoms with Crippen molar-refractivity contribution in [2.75, 3.05) is 25.0 Å². The second-order valence-corrected chi connectivity index (χ2v) is 10.8. The van der Waals surface area contributed by atoms with Gasteiger partial charge in [0.1, 0.15) is 22.9 Å². The zero-order chi connectivity index (χ0) is 27.9. The summed E-state index contributed by atoms with van der Waals surface area (Å²) in [6.07, 6.45) is 4.56. The molecule has 1 aliphatic rings. The smallest absolute Gasteiger partial charge is 0.229 e. The highest BCUT2D eigenvalue weighted by molar-refractivity contribution is 5.83. The monoisotopic (exact) mass is 535 g/mol. The fraction of sp³-hybridized carbons (Fsp3) is 0.448. The summed E-state index contributed by atoms with van der Waals surface area (Å²) >= 11 is 0. The van der Waals surface area contributed by atoms with Crippen LogP contribution in [-0.4, -0.2) is 54.1 Å². The van der Waals surface area contributed by atoms with Crippen molar-refractivity contribution in [2.45, 2.75) is 59.1 Å². The van der Waals surface area contributed by atoms with E-state index in [1.54, 1.807) is 18.3 Å². The molecule has 1 aliphatic heterocycles. The highest BCUT2D eigenvalue weighted by atomic mass is 19.1. The normalized spacial score (nSPS) is 16.6. The molecule has 4 heterocycles. The number of hydrogen-bond donors (Lipinski definition) is 2. The van der Waals surface area contributed by atoms with Gasteiger partial charge < -0.3 is 19.9 Å². The zero-order valence-electron chi connectivity index (χ0n) is 23.0. The minimum Gasteiger partial charge on any atom is -0.385 e. The quantitative estimate of drug-likeness (QED) is 0.312. The lowest BCUT2D eigenvalue weighted by Crippen LogP contribution is -2.41. The summed E-state index contributed by atoms with van der Waals surface area (Å²) in [5.74, 6) is 0.198. The number of hydrogen-bond acceptors (Lipinski definition) is 7. The van der Waals surface area contributed by atoms with Gasteiger partial charge in [0.25, 0.3) is 0 Å². The first kappa shape index (κ1) is 27.1. The molecular weight excluding hydrogens is 500 g/mol. The van der Waals surface area contributed by atoms with Crippen LogP contribution in [0.4, 0.5) is 20.5 Å². The number of fused-ring (bicyclic) bond motifs is 1. The van der Waals surface area contributed by atoms with Gasteiger partial charge in [-0.2, -0.15) is 0 Å².